The Morgan fingerprint density at radius 1 is 1.21 bits per heavy atom. The quantitative estimate of drug-likeness (QED) is 0.871. The molecule has 0 bridgehead atoms. The van der Waals surface area contributed by atoms with Gasteiger partial charge in [-0.2, -0.15) is 0 Å². The van der Waals surface area contributed by atoms with Gasteiger partial charge in [-0.3, -0.25) is 14.3 Å². The molecule has 0 atom stereocenters. The molecule has 4 nitrogen and oxygen atoms in total. The normalized spacial score (nSPS) is 10.6. The molecule has 0 saturated heterocycles. The van der Waals surface area contributed by atoms with Crippen LogP contribution in [-0.4, -0.2) is 9.55 Å². The van der Waals surface area contributed by atoms with E-state index >= 15 is 0 Å². The summed E-state index contributed by atoms with van der Waals surface area (Å²) in [5, 5.41) is 0.120. The molecule has 1 N–H and O–H groups in total. The van der Waals surface area contributed by atoms with Crippen molar-refractivity contribution in [1.29, 1.82) is 0 Å². The van der Waals surface area contributed by atoms with E-state index < -0.39 is 5.69 Å². The molecule has 100 valence electrons. The topological polar surface area (TPSA) is 54.9 Å². The SMILES string of the molecule is Cc1c(Cl)[nH]c(=O)n(CCCc2ccccc2)c1=O. The van der Waals surface area contributed by atoms with Gasteiger partial charge < -0.3 is 0 Å². The molecule has 1 heterocycles. The van der Waals surface area contributed by atoms with Crippen molar-refractivity contribution in [2.45, 2.75) is 26.3 Å². The second kappa shape index (κ2) is 5.89. The molecule has 0 saturated carbocycles. The van der Waals surface area contributed by atoms with Crippen LogP contribution in [0.4, 0.5) is 0 Å². The number of hydrogen-bond acceptors (Lipinski definition) is 2. The van der Waals surface area contributed by atoms with Gasteiger partial charge in [0.25, 0.3) is 5.56 Å². The smallest absolute Gasteiger partial charge is 0.297 e. The van der Waals surface area contributed by atoms with Crippen molar-refractivity contribution in [2.24, 2.45) is 0 Å². The zero-order valence-electron chi connectivity index (χ0n) is 10.6. The summed E-state index contributed by atoms with van der Waals surface area (Å²) in [4.78, 5) is 26.1. The Hall–Kier alpha value is -1.81. The number of benzene rings is 1. The minimum atomic E-state index is -0.450. The fourth-order valence-corrected chi connectivity index (χ4v) is 2.09. The van der Waals surface area contributed by atoms with Gasteiger partial charge in [-0.25, -0.2) is 4.79 Å². The van der Waals surface area contributed by atoms with Gasteiger partial charge in [0.2, 0.25) is 0 Å². The first kappa shape index (κ1) is 13.6. The van der Waals surface area contributed by atoms with Crippen LogP contribution < -0.4 is 11.2 Å². The molecule has 0 unspecified atom stereocenters. The largest absolute Gasteiger partial charge is 0.329 e. The molecule has 1 aromatic carbocycles. The molecule has 2 aromatic rings. The molecule has 0 fully saturated rings. The van der Waals surface area contributed by atoms with Gasteiger partial charge in [0.15, 0.2) is 0 Å². The van der Waals surface area contributed by atoms with Crippen molar-refractivity contribution in [3.05, 3.63) is 67.4 Å². The van der Waals surface area contributed by atoms with Crippen LogP contribution in [0.15, 0.2) is 39.9 Å². The van der Waals surface area contributed by atoms with Gasteiger partial charge in [-0.15, -0.1) is 0 Å². The van der Waals surface area contributed by atoms with Crippen LogP contribution >= 0.6 is 11.6 Å². The molecule has 0 amide bonds. The molecule has 0 aliphatic rings. The van der Waals surface area contributed by atoms with E-state index in [2.05, 4.69) is 4.98 Å². The minimum absolute atomic E-state index is 0.120. The maximum Gasteiger partial charge on any atom is 0.329 e. The molecule has 0 radical (unpaired) electrons. The number of rotatable bonds is 4. The molecule has 1 aromatic heterocycles. The van der Waals surface area contributed by atoms with Gasteiger partial charge in [-0.1, -0.05) is 41.9 Å². The highest BCUT2D eigenvalue weighted by atomic mass is 35.5. The van der Waals surface area contributed by atoms with E-state index in [1.54, 1.807) is 6.92 Å². The van der Waals surface area contributed by atoms with Crippen molar-refractivity contribution in [2.75, 3.05) is 0 Å². The first-order valence-corrected chi connectivity index (χ1v) is 6.50. The van der Waals surface area contributed by atoms with Gasteiger partial charge in [-0.05, 0) is 25.3 Å². The van der Waals surface area contributed by atoms with Crippen molar-refractivity contribution in [1.82, 2.24) is 9.55 Å². The Bertz CT molecular complexity index is 674. The van der Waals surface area contributed by atoms with E-state index in [1.807, 2.05) is 30.3 Å². The van der Waals surface area contributed by atoms with E-state index in [0.29, 0.717) is 12.1 Å². The van der Waals surface area contributed by atoms with Crippen molar-refractivity contribution >= 4 is 11.6 Å². The average molecular weight is 279 g/mol. The summed E-state index contributed by atoms with van der Waals surface area (Å²) in [5.74, 6) is 0. The summed E-state index contributed by atoms with van der Waals surface area (Å²) in [6.45, 7) is 2.00. The zero-order valence-corrected chi connectivity index (χ0v) is 11.4. The number of H-pyrrole nitrogens is 1. The van der Waals surface area contributed by atoms with E-state index in [4.69, 9.17) is 11.6 Å². The number of hydrogen-bond donors (Lipinski definition) is 1. The maximum atomic E-state index is 11.9. The lowest BCUT2D eigenvalue weighted by atomic mass is 10.1. The number of aromatic amines is 1. The lowest BCUT2D eigenvalue weighted by Crippen LogP contribution is -2.36. The van der Waals surface area contributed by atoms with Crippen LogP contribution in [0.2, 0.25) is 5.15 Å². The average Bonchev–Trinajstić information content (AvgIpc) is 2.41. The van der Waals surface area contributed by atoms with Crippen molar-refractivity contribution < 1.29 is 0 Å². The molecule has 0 spiro atoms. The Labute approximate surface area is 115 Å². The van der Waals surface area contributed by atoms with Crippen LogP contribution in [-0.2, 0) is 13.0 Å². The van der Waals surface area contributed by atoms with E-state index in [9.17, 15) is 9.59 Å². The van der Waals surface area contributed by atoms with Gasteiger partial charge in [0, 0.05) is 12.1 Å². The third-order valence-corrected chi connectivity index (χ3v) is 3.42. The highest BCUT2D eigenvalue weighted by Crippen LogP contribution is 2.05. The predicted molar refractivity (Wildman–Crippen MR) is 75.8 cm³/mol. The number of aromatic nitrogens is 2. The summed E-state index contributed by atoms with van der Waals surface area (Å²) in [7, 11) is 0. The highest BCUT2D eigenvalue weighted by Gasteiger charge is 2.08. The van der Waals surface area contributed by atoms with Gasteiger partial charge >= 0.3 is 5.69 Å². The van der Waals surface area contributed by atoms with Gasteiger partial charge in [0.1, 0.15) is 5.15 Å². The van der Waals surface area contributed by atoms with Crippen LogP contribution in [0.5, 0.6) is 0 Å². The lowest BCUT2D eigenvalue weighted by molar-refractivity contribution is 0.587. The first-order chi connectivity index (χ1) is 9.09. The van der Waals surface area contributed by atoms with E-state index in [1.165, 1.54) is 10.1 Å². The van der Waals surface area contributed by atoms with Crippen LogP contribution in [0.25, 0.3) is 0 Å². The summed E-state index contributed by atoms with van der Waals surface area (Å²) in [6, 6.07) is 9.96. The Kier molecular flexibility index (Phi) is 4.22. The molecule has 0 aliphatic carbocycles. The fraction of sp³-hybridized carbons (Fsp3) is 0.286. The molecule has 0 aliphatic heterocycles. The van der Waals surface area contributed by atoms with E-state index in [0.717, 1.165) is 12.8 Å². The third-order valence-electron chi connectivity index (χ3n) is 3.05. The monoisotopic (exact) mass is 278 g/mol. The number of nitrogens with one attached hydrogen (secondary N) is 1. The Morgan fingerprint density at radius 2 is 1.89 bits per heavy atom. The van der Waals surface area contributed by atoms with Crippen molar-refractivity contribution in [3.63, 3.8) is 0 Å². The minimum Gasteiger partial charge on any atom is -0.297 e. The Balaban J connectivity index is 2.11. The zero-order chi connectivity index (χ0) is 13.8. The fourth-order valence-electron chi connectivity index (χ4n) is 1.93. The standard InChI is InChI=1S/C14H15ClN2O2/c1-10-12(15)16-14(19)17(13(10)18)9-5-8-11-6-3-2-4-7-11/h2-4,6-7H,5,8-9H2,1H3,(H,16,19). The van der Waals surface area contributed by atoms with Crippen molar-refractivity contribution in [3.8, 4) is 0 Å². The molecule has 2 rings (SSSR count). The maximum absolute atomic E-state index is 11.9. The van der Waals surface area contributed by atoms with E-state index in [-0.39, 0.29) is 10.7 Å². The lowest BCUT2D eigenvalue weighted by Gasteiger charge is -2.06. The molecular weight excluding hydrogens is 264 g/mol. The molecule has 19 heavy (non-hydrogen) atoms. The summed E-state index contributed by atoms with van der Waals surface area (Å²) in [6.07, 6.45) is 1.56. The molecular formula is C14H15ClN2O2. The predicted octanol–water partition coefficient (Wildman–Crippen LogP) is 2.13. The second-order valence-electron chi connectivity index (χ2n) is 4.42. The number of halogens is 1. The number of aryl methyl sites for hydroxylation is 1. The first-order valence-electron chi connectivity index (χ1n) is 6.12. The second-order valence-corrected chi connectivity index (χ2v) is 4.79. The third kappa shape index (κ3) is 3.15. The Morgan fingerprint density at radius 3 is 2.58 bits per heavy atom. The summed E-state index contributed by atoms with van der Waals surface area (Å²) in [5.41, 5.74) is 0.800. The highest BCUT2D eigenvalue weighted by molar-refractivity contribution is 6.30. The number of nitrogens with zero attached hydrogens (tertiary/aromatic N) is 1. The molecule has 5 heteroatoms. The van der Waals surface area contributed by atoms with Crippen LogP contribution in [0, 0.1) is 6.92 Å². The van der Waals surface area contributed by atoms with Gasteiger partial charge in [0.05, 0.1) is 0 Å². The summed E-state index contributed by atoms with van der Waals surface area (Å²) >= 11 is 5.75. The van der Waals surface area contributed by atoms with Crippen LogP contribution in [0.3, 0.4) is 0 Å². The van der Waals surface area contributed by atoms with Crippen LogP contribution in [0.1, 0.15) is 17.5 Å². The summed E-state index contributed by atoms with van der Waals surface area (Å²) < 4.78 is 1.20.